The normalized spacial score (nSPS) is 13.5. The molecule has 2 aromatic rings. The molecule has 3 rings (SSSR count). The number of pyridine rings is 1. The fraction of sp³-hybridized carbons (Fsp3) is 0.400. The van der Waals surface area contributed by atoms with Crippen LogP contribution in [0.4, 0.5) is 8.78 Å². The lowest BCUT2D eigenvalue weighted by Gasteiger charge is -2.13. The van der Waals surface area contributed by atoms with Crippen molar-refractivity contribution >= 4 is 28.0 Å². The number of ether oxygens (including phenoxy) is 1. The minimum atomic E-state index is -3.25. The molecule has 0 radical (unpaired) electrons. The third kappa shape index (κ3) is 10.2. The second kappa shape index (κ2) is 15.0. The standard InChI is InChI=1S/C19H19F2N3O4S.C5H10.CH5N/c1-28-18-9-24-17(19(20)21)8-15(18)14-7-12(3-4-13(14)10-25)16(22)5-6-23-11-29(2,26)27;1-2-5-3-4-5;1-2/h3-10,19H,11,22H2,1-2H3;5H,2-4H2,1H3;2H2,1H3/b16-5-,23-6+;;. The number of rotatable bonds is 9. The Morgan fingerprint density at radius 1 is 1.25 bits per heavy atom. The third-order valence-electron chi connectivity index (χ3n) is 5.08. The highest BCUT2D eigenvalue weighted by atomic mass is 32.2. The number of allylic oxidation sites excluding steroid dienone is 1. The van der Waals surface area contributed by atoms with Crippen molar-refractivity contribution in [3.05, 3.63) is 53.4 Å². The van der Waals surface area contributed by atoms with Gasteiger partial charge in [0.1, 0.15) is 17.3 Å². The molecule has 0 unspecified atom stereocenters. The molecule has 8 nitrogen and oxygen atoms in total. The number of nitrogens with zero attached hydrogens (tertiary/aromatic N) is 2. The van der Waals surface area contributed by atoms with Gasteiger partial charge >= 0.3 is 0 Å². The van der Waals surface area contributed by atoms with Crippen LogP contribution in [0.15, 0.2) is 41.5 Å². The van der Waals surface area contributed by atoms with Crippen LogP contribution in [0.1, 0.15) is 54.2 Å². The van der Waals surface area contributed by atoms with E-state index in [9.17, 15) is 22.0 Å². The number of nitrogens with two attached hydrogens (primary N) is 2. The molecule has 0 atom stereocenters. The van der Waals surface area contributed by atoms with E-state index in [1.807, 2.05) is 0 Å². The molecular formula is C25H34F2N4O4S. The minimum absolute atomic E-state index is 0.215. The number of carbonyl (C=O) groups is 1. The maximum atomic E-state index is 13.1. The first-order valence-corrected chi connectivity index (χ1v) is 13.3. The second-order valence-electron chi connectivity index (χ2n) is 7.89. The molecule has 1 saturated carbocycles. The van der Waals surface area contributed by atoms with Gasteiger partial charge in [-0.1, -0.05) is 38.3 Å². The average molecular weight is 525 g/mol. The molecule has 1 heterocycles. The largest absolute Gasteiger partial charge is 0.494 e. The molecule has 36 heavy (non-hydrogen) atoms. The summed E-state index contributed by atoms with van der Waals surface area (Å²) in [7, 11) is -0.385. The zero-order valence-electron chi connectivity index (χ0n) is 20.9. The summed E-state index contributed by atoms with van der Waals surface area (Å²) in [5.74, 6) is 0.971. The monoisotopic (exact) mass is 524 g/mol. The lowest BCUT2D eigenvalue weighted by molar-refractivity contribution is 0.112. The first-order chi connectivity index (χ1) is 17.1. The van der Waals surface area contributed by atoms with Gasteiger partial charge in [0.05, 0.1) is 13.3 Å². The number of alkyl halides is 2. The zero-order chi connectivity index (χ0) is 27.3. The van der Waals surface area contributed by atoms with E-state index in [4.69, 9.17) is 10.5 Å². The number of aliphatic imine (C=N–C) groups is 1. The number of sulfone groups is 1. The molecule has 0 amide bonds. The van der Waals surface area contributed by atoms with Crippen molar-refractivity contribution in [3.63, 3.8) is 0 Å². The predicted octanol–water partition coefficient (Wildman–Crippen LogP) is 4.26. The van der Waals surface area contributed by atoms with Crippen LogP contribution in [0.5, 0.6) is 5.75 Å². The Morgan fingerprint density at radius 2 is 1.92 bits per heavy atom. The smallest absolute Gasteiger partial charge is 0.280 e. The van der Waals surface area contributed by atoms with Gasteiger partial charge in [-0.2, -0.15) is 0 Å². The lowest BCUT2D eigenvalue weighted by atomic mass is 9.96. The number of aromatic nitrogens is 1. The molecule has 1 fully saturated rings. The number of hydrogen-bond donors (Lipinski definition) is 2. The van der Waals surface area contributed by atoms with E-state index in [2.05, 4.69) is 22.6 Å². The molecule has 1 aromatic carbocycles. The third-order valence-corrected chi connectivity index (χ3v) is 5.70. The van der Waals surface area contributed by atoms with Crippen LogP contribution in [0.25, 0.3) is 16.8 Å². The first kappa shape index (κ1) is 30.9. The maximum absolute atomic E-state index is 13.1. The van der Waals surface area contributed by atoms with Crippen molar-refractivity contribution in [2.24, 2.45) is 22.4 Å². The number of hydrogen-bond acceptors (Lipinski definition) is 8. The number of halogens is 2. The summed E-state index contributed by atoms with van der Waals surface area (Å²) in [6.07, 6.45) is 7.11. The fourth-order valence-electron chi connectivity index (χ4n) is 2.96. The van der Waals surface area contributed by atoms with Crippen molar-refractivity contribution in [2.45, 2.75) is 32.6 Å². The summed E-state index contributed by atoms with van der Waals surface area (Å²) in [4.78, 5) is 18.9. The van der Waals surface area contributed by atoms with E-state index >= 15 is 0 Å². The first-order valence-electron chi connectivity index (χ1n) is 11.2. The molecule has 0 bridgehead atoms. The molecule has 4 N–H and O–H groups in total. The number of aldehydes is 1. The van der Waals surface area contributed by atoms with Crippen LogP contribution in [-0.2, 0) is 9.84 Å². The number of benzene rings is 1. The van der Waals surface area contributed by atoms with Crippen LogP contribution in [0.3, 0.4) is 0 Å². The van der Waals surface area contributed by atoms with Gasteiger partial charge < -0.3 is 16.2 Å². The lowest BCUT2D eigenvalue weighted by Crippen LogP contribution is -2.02. The molecule has 0 spiro atoms. The van der Waals surface area contributed by atoms with Crippen LogP contribution in [0, 0.1) is 5.92 Å². The van der Waals surface area contributed by atoms with Gasteiger partial charge in [0.15, 0.2) is 16.1 Å². The number of methoxy groups -OCH3 is 1. The Labute approximate surface area is 211 Å². The molecule has 198 valence electrons. The average Bonchev–Trinajstić information content (AvgIpc) is 3.71. The van der Waals surface area contributed by atoms with Crippen molar-refractivity contribution in [1.29, 1.82) is 0 Å². The fourth-order valence-corrected chi connectivity index (χ4v) is 3.31. The summed E-state index contributed by atoms with van der Waals surface area (Å²) < 4.78 is 53.5. The Kier molecular flexibility index (Phi) is 12.9. The van der Waals surface area contributed by atoms with E-state index in [0.29, 0.717) is 17.4 Å². The molecule has 1 aromatic heterocycles. The summed E-state index contributed by atoms with van der Waals surface area (Å²) in [6.45, 7) is 2.26. The Balaban J connectivity index is 0.000000806. The van der Waals surface area contributed by atoms with E-state index < -0.39 is 22.0 Å². The van der Waals surface area contributed by atoms with Crippen LogP contribution >= 0.6 is 0 Å². The van der Waals surface area contributed by atoms with E-state index in [0.717, 1.165) is 24.4 Å². The highest BCUT2D eigenvalue weighted by Crippen LogP contribution is 2.35. The number of carbonyl (C=O) groups excluding carboxylic acids is 1. The Morgan fingerprint density at radius 3 is 2.39 bits per heavy atom. The summed E-state index contributed by atoms with van der Waals surface area (Å²) >= 11 is 0. The topological polar surface area (TPSA) is 138 Å². The Hall–Kier alpha value is -3.18. The highest BCUT2D eigenvalue weighted by molar-refractivity contribution is 7.90. The SMILES string of the molecule is CCC1CC1.CN.COc1cnc(C(F)F)cc1-c1cc(/C(N)=C/C=N/CS(C)(=O)=O)ccc1C=O. The van der Waals surface area contributed by atoms with Crippen molar-refractivity contribution < 1.29 is 26.7 Å². The van der Waals surface area contributed by atoms with Gasteiger partial charge in [-0.05, 0) is 42.3 Å². The Bertz CT molecular complexity index is 1160. The predicted molar refractivity (Wildman–Crippen MR) is 140 cm³/mol. The van der Waals surface area contributed by atoms with Crippen LogP contribution < -0.4 is 16.2 Å². The minimum Gasteiger partial charge on any atom is -0.494 e. The van der Waals surface area contributed by atoms with E-state index in [1.54, 1.807) is 12.1 Å². The quantitative estimate of drug-likeness (QED) is 0.369. The van der Waals surface area contributed by atoms with Gasteiger partial charge in [0.2, 0.25) is 0 Å². The molecular weight excluding hydrogens is 490 g/mol. The second-order valence-corrected chi connectivity index (χ2v) is 10.00. The van der Waals surface area contributed by atoms with Gasteiger partial charge in [0, 0.05) is 29.3 Å². The summed E-state index contributed by atoms with van der Waals surface area (Å²) in [6, 6.07) is 5.77. The van der Waals surface area contributed by atoms with Gasteiger partial charge in [-0.15, -0.1) is 0 Å². The summed E-state index contributed by atoms with van der Waals surface area (Å²) in [5, 5.41) is 0. The maximum Gasteiger partial charge on any atom is 0.280 e. The van der Waals surface area contributed by atoms with Gasteiger partial charge in [-0.3, -0.25) is 14.8 Å². The van der Waals surface area contributed by atoms with E-state index in [-0.39, 0.29) is 28.5 Å². The van der Waals surface area contributed by atoms with Crippen molar-refractivity contribution in [2.75, 3.05) is 26.3 Å². The van der Waals surface area contributed by atoms with E-state index in [1.165, 1.54) is 51.8 Å². The molecule has 0 aliphatic heterocycles. The van der Waals surface area contributed by atoms with Crippen LogP contribution in [-0.4, -0.2) is 52.2 Å². The van der Waals surface area contributed by atoms with Crippen molar-refractivity contribution in [3.8, 4) is 16.9 Å². The highest BCUT2D eigenvalue weighted by Gasteiger charge is 2.18. The molecule has 11 heteroatoms. The van der Waals surface area contributed by atoms with Crippen LogP contribution in [0.2, 0.25) is 0 Å². The molecule has 1 aliphatic rings. The zero-order valence-corrected chi connectivity index (χ0v) is 21.8. The van der Waals surface area contributed by atoms with Gasteiger partial charge in [0.25, 0.3) is 6.43 Å². The van der Waals surface area contributed by atoms with Crippen molar-refractivity contribution in [1.82, 2.24) is 4.98 Å². The molecule has 1 aliphatic carbocycles. The van der Waals surface area contributed by atoms with Gasteiger partial charge in [-0.25, -0.2) is 17.2 Å². The summed E-state index contributed by atoms with van der Waals surface area (Å²) in [5.41, 5.74) is 11.6. The molecule has 0 saturated heterocycles.